The van der Waals surface area contributed by atoms with Crippen molar-refractivity contribution in [2.45, 2.75) is 51.1 Å². The van der Waals surface area contributed by atoms with Crippen molar-refractivity contribution in [3.05, 3.63) is 23.0 Å². The van der Waals surface area contributed by atoms with Gasteiger partial charge in [-0.2, -0.15) is 0 Å². The number of amides is 1. The molecule has 1 aliphatic carbocycles. The first-order chi connectivity index (χ1) is 9.28. The maximum atomic E-state index is 12.3. The zero-order valence-corrected chi connectivity index (χ0v) is 12.4. The van der Waals surface area contributed by atoms with E-state index in [1.807, 2.05) is 18.4 Å². The standard InChI is InChI=1S/C14H19ClN2O3/c1-14(2,6-5-12(18)19)16-13(20)11-7-9(15)8-17(11)10-3-4-10/h7-8,10H,3-6H2,1-2H3,(H,16,20)(H,18,19). The first kappa shape index (κ1) is 14.9. The van der Waals surface area contributed by atoms with Gasteiger partial charge in [-0.25, -0.2) is 0 Å². The third kappa shape index (κ3) is 3.76. The van der Waals surface area contributed by atoms with Crippen LogP contribution in [-0.2, 0) is 4.79 Å². The van der Waals surface area contributed by atoms with Crippen LogP contribution in [0, 0.1) is 0 Å². The summed E-state index contributed by atoms with van der Waals surface area (Å²) in [5.74, 6) is -1.07. The number of carbonyl (C=O) groups excluding carboxylic acids is 1. The highest BCUT2D eigenvalue weighted by molar-refractivity contribution is 6.31. The number of halogens is 1. The Hall–Kier alpha value is -1.49. The summed E-state index contributed by atoms with van der Waals surface area (Å²) in [7, 11) is 0. The number of nitrogens with zero attached hydrogens (tertiary/aromatic N) is 1. The molecule has 5 nitrogen and oxygen atoms in total. The third-order valence-corrected chi connectivity index (χ3v) is 3.61. The molecule has 0 radical (unpaired) electrons. The molecule has 2 rings (SSSR count). The van der Waals surface area contributed by atoms with Gasteiger partial charge in [-0.3, -0.25) is 9.59 Å². The molecule has 1 aromatic rings. The van der Waals surface area contributed by atoms with Gasteiger partial charge in [0.15, 0.2) is 0 Å². The monoisotopic (exact) mass is 298 g/mol. The van der Waals surface area contributed by atoms with Crippen molar-refractivity contribution in [2.24, 2.45) is 0 Å². The number of aromatic nitrogens is 1. The van der Waals surface area contributed by atoms with E-state index in [4.69, 9.17) is 16.7 Å². The topological polar surface area (TPSA) is 71.3 Å². The van der Waals surface area contributed by atoms with Crippen LogP contribution in [0.15, 0.2) is 12.3 Å². The van der Waals surface area contributed by atoms with Crippen molar-refractivity contribution in [3.8, 4) is 0 Å². The van der Waals surface area contributed by atoms with E-state index in [2.05, 4.69) is 5.32 Å². The lowest BCUT2D eigenvalue weighted by molar-refractivity contribution is -0.137. The van der Waals surface area contributed by atoms with Crippen LogP contribution in [0.3, 0.4) is 0 Å². The molecule has 1 heterocycles. The van der Waals surface area contributed by atoms with Crippen LogP contribution in [0.4, 0.5) is 0 Å². The molecule has 1 fully saturated rings. The molecule has 2 N–H and O–H groups in total. The van der Waals surface area contributed by atoms with Crippen molar-refractivity contribution in [3.63, 3.8) is 0 Å². The summed E-state index contributed by atoms with van der Waals surface area (Å²) < 4.78 is 1.91. The van der Waals surface area contributed by atoms with Crippen LogP contribution in [-0.4, -0.2) is 27.1 Å². The van der Waals surface area contributed by atoms with Crippen LogP contribution in [0.2, 0.25) is 5.02 Å². The highest BCUT2D eigenvalue weighted by Crippen LogP contribution is 2.37. The summed E-state index contributed by atoms with van der Waals surface area (Å²) in [6, 6.07) is 2.02. The summed E-state index contributed by atoms with van der Waals surface area (Å²) in [5.41, 5.74) is -0.0263. The molecule has 110 valence electrons. The predicted molar refractivity (Wildman–Crippen MR) is 76.1 cm³/mol. The van der Waals surface area contributed by atoms with E-state index in [9.17, 15) is 9.59 Å². The predicted octanol–water partition coefficient (Wildman–Crippen LogP) is 2.85. The number of carboxylic acids is 1. The Morgan fingerprint density at radius 2 is 2.15 bits per heavy atom. The summed E-state index contributed by atoms with van der Waals surface area (Å²) in [4.78, 5) is 23.0. The van der Waals surface area contributed by atoms with Crippen molar-refractivity contribution in [2.75, 3.05) is 0 Å². The molecule has 0 atom stereocenters. The van der Waals surface area contributed by atoms with Crippen LogP contribution in [0.5, 0.6) is 0 Å². The highest BCUT2D eigenvalue weighted by Gasteiger charge is 2.30. The van der Waals surface area contributed by atoms with Crippen molar-refractivity contribution >= 4 is 23.5 Å². The van der Waals surface area contributed by atoms with Crippen LogP contribution in [0.25, 0.3) is 0 Å². The summed E-state index contributed by atoms with van der Waals surface area (Å²) in [6.45, 7) is 3.64. The minimum Gasteiger partial charge on any atom is -0.481 e. The Kier molecular flexibility index (Phi) is 4.09. The fraction of sp³-hybridized carbons (Fsp3) is 0.571. The number of aliphatic carboxylic acids is 1. The number of nitrogens with one attached hydrogen (secondary N) is 1. The summed E-state index contributed by atoms with van der Waals surface area (Å²) in [5, 5.41) is 12.2. The largest absolute Gasteiger partial charge is 0.481 e. The SMILES string of the molecule is CC(C)(CCC(=O)O)NC(=O)c1cc(Cl)cn1C1CC1. The Balaban J connectivity index is 2.05. The second-order valence-corrected chi connectivity index (χ2v) is 6.35. The first-order valence-electron chi connectivity index (χ1n) is 6.70. The lowest BCUT2D eigenvalue weighted by atomic mass is 9.98. The number of carboxylic acid groups (broad SMARTS) is 1. The molecule has 0 spiro atoms. The minimum absolute atomic E-state index is 0.0255. The Bertz CT molecular complexity index is 533. The van der Waals surface area contributed by atoms with Gasteiger partial charge in [0.1, 0.15) is 5.69 Å². The molecule has 1 aromatic heterocycles. The van der Waals surface area contributed by atoms with Gasteiger partial charge in [0.2, 0.25) is 0 Å². The Morgan fingerprint density at radius 3 is 2.70 bits per heavy atom. The van der Waals surface area contributed by atoms with Gasteiger partial charge in [-0.15, -0.1) is 0 Å². The van der Waals surface area contributed by atoms with Crippen molar-refractivity contribution in [1.82, 2.24) is 9.88 Å². The molecule has 1 saturated carbocycles. The molecule has 20 heavy (non-hydrogen) atoms. The van der Waals surface area contributed by atoms with E-state index in [0.29, 0.717) is 23.2 Å². The molecule has 0 aromatic carbocycles. The van der Waals surface area contributed by atoms with Gasteiger partial charge in [-0.1, -0.05) is 11.6 Å². The summed E-state index contributed by atoms with van der Waals surface area (Å²) >= 11 is 5.98. The van der Waals surface area contributed by atoms with E-state index in [-0.39, 0.29) is 12.3 Å². The van der Waals surface area contributed by atoms with E-state index in [1.54, 1.807) is 12.3 Å². The molecule has 1 amide bonds. The van der Waals surface area contributed by atoms with Crippen molar-refractivity contribution in [1.29, 1.82) is 0 Å². The van der Waals surface area contributed by atoms with Gasteiger partial charge in [0.25, 0.3) is 5.91 Å². The Morgan fingerprint density at radius 1 is 1.50 bits per heavy atom. The zero-order valence-electron chi connectivity index (χ0n) is 11.6. The molecule has 0 unspecified atom stereocenters. The van der Waals surface area contributed by atoms with Crippen LogP contribution < -0.4 is 5.32 Å². The van der Waals surface area contributed by atoms with Crippen LogP contribution >= 0.6 is 11.6 Å². The highest BCUT2D eigenvalue weighted by atomic mass is 35.5. The minimum atomic E-state index is -0.864. The van der Waals surface area contributed by atoms with Gasteiger partial charge in [0, 0.05) is 24.2 Å². The molecular weight excluding hydrogens is 280 g/mol. The number of hydrogen-bond acceptors (Lipinski definition) is 2. The van der Waals surface area contributed by atoms with Gasteiger partial charge < -0.3 is 15.0 Å². The maximum Gasteiger partial charge on any atom is 0.303 e. The third-order valence-electron chi connectivity index (χ3n) is 3.40. The second-order valence-electron chi connectivity index (χ2n) is 5.91. The average Bonchev–Trinajstić information content (AvgIpc) is 3.09. The number of carbonyl (C=O) groups is 2. The smallest absolute Gasteiger partial charge is 0.303 e. The molecule has 0 aliphatic heterocycles. The normalized spacial score (nSPS) is 15.2. The van der Waals surface area contributed by atoms with E-state index in [0.717, 1.165) is 12.8 Å². The van der Waals surface area contributed by atoms with E-state index >= 15 is 0 Å². The average molecular weight is 299 g/mol. The zero-order chi connectivity index (χ0) is 14.9. The molecule has 1 aliphatic rings. The Labute approximate surface area is 122 Å². The number of rotatable bonds is 6. The fourth-order valence-corrected chi connectivity index (χ4v) is 2.34. The fourth-order valence-electron chi connectivity index (χ4n) is 2.14. The lowest BCUT2D eigenvalue weighted by Gasteiger charge is -2.26. The maximum absolute atomic E-state index is 12.3. The quantitative estimate of drug-likeness (QED) is 0.848. The molecular formula is C14H19ClN2O3. The van der Waals surface area contributed by atoms with E-state index in [1.165, 1.54) is 0 Å². The van der Waals surface area contributed by atoms with Gasteiger partial charge >= 0.3 is 5.97 Å². The lowest BCUT2D eigenvalue weighted by Crippen LogP contribution is -2.44. The summed E-state index contributed by atoms with van der Waals surface area (Å²) in [6.07, 6.45) is 4.31. The first-order valence-corrected chi connectivity index (χ1v) is 7.08. The van der Waals surface area contributed by atoms with Crippen LogP contribution in [0.1, 0.15) is 56.1 Å². The van der Waals surface area contributed by atoms with E-state index < -0.39 is 11.5 Å². The number of hydrogen-bond donors (Lipinski definition) is 2. The van der Waals surface area contributed by atoms with Gasteiger partial charge in [-0.05, 0) is 39.2 Å². The molecule has 0 bridgehead atoms. The van der Waals surface area contributed by atoms with Crippen molar-refractivity contribution < 1.29 is 14.7 Å². The second kappa shape index (κ2) is 5.48. The van der Waals surface area contributed by atoms with Gasteiger partial charge in [0.05, 0.1) is 5.02 Å². The molecule has 0 saturated heterocycles. The molecule has 6 heteroatoms.